The molecule has 0 aliphatic carbocycles. The van der Waals surface area contributed by atoms with E-state index in [9.17, 15) is 9.90 Å². The number of aliphatic hydroxyl groups excluding tert-OH is 2. The number of piperidine rings is 1. The van der Waals surface area contributed by atoms with E-state index in [-0.39, 0.29) is 18.1 Å². The van der Waals surface area contributed by atoms with Crippen molar-refractivity contribution < 1.29 is 10.2 Å². The van der Waals surface area contributed by atoms with Gasteiger partial charge in [-0.25, -0.2) is 4.98 Å². The van der Waals surface area contributed by atoms with E-state index in [1.807, 2.05) is 5.38 Å². The fourth-order valence-electron chi connectivity index (χ4n) is 2.84. The number of aliphatic hydroxyl groups is 2. The van der Waals surface area contributed by atoms with E-state index in [4.69, 9.17) is 5.11 Å². The third-order valence-corrected chi connectivity index (χ3v) is 4.86. The normalized spacial score (nSPS) is 19.1. The van der Waals surface area contributed by atoms with Crippen LogP contribution in [0, 0.1) is 5.92 Å². The van der Waals surface area contributed by atoms with E-state index >= 15 is 0 Å². The molecule has 2 aromatic heterocycles. The highest BCUT2D eigenvalue weighted by Gasteiger charge is 2.24. The van der Waals surface area contributed by atoms with Gasteiger partial charge in [0.1, 0.15) is 0 Å². The monoisotopic (exact) mass is 309 g/mol. The largest absolute Gasteiger partial charge is 0.394 e. The maximum absolute atomic E-state index is 11.9. The van der Waals surface area contributed by atoms with Gasteiger partial charge < -0.3 is 10.2 Å². The molecule has 2 aromatic rings. The van der Waals surface area contributed by atoms with Crippen LogP contribution in [0.3, 0.4) is 0 Å². The molecule has 3 heterocycles. The van der Waals surface area contributed by atoms with Crippen LogP contribution in [-0.2, 0) is 6.54 Å². The smallest absolute Gasteiger partial charge is 0.258 e. The van der Waals surface area contributed by atoms with Crippen LogP contribution >= 0.6 is 11.3 Å². The second-order valence-corrected chi connectivity index (χ2v) is 6.38. The van der Waals surface area contributed by atoms with Gasteiger partial charge in [0.2, 0.25) is 0 Å². The quantitative estimate of drug-likeness (QED) is 0.850. The van der Waals surface area contributed by atoms with Gasteiger partial charge in [0, 0.05) is 24.2 Å². The van der Waals surface area contributed by atoms with Crippen molar-refractivity contribution in [2.24, 2.45) is 5.92 Å². The summed E-state index contributed by atoms with van der Waals surface area (Å²) < 4.78 is 1.55. The Balaban J connectivity index is 1.65. The summed E-state index contributed by atoms with van der Waals surface area (Å²) in [5, 5.41) is 20.5. The minimum atomic E-state index is -0.614. The van der Waals surface area contributed by atoms with Crippen LogP contribution in [-0.4, -0.2) is 50.3 Å². The summed E-state index contributed by atoms with van der Waals surface area (Å²) in [6.45, 7) is 2.20. The Morgan fingerprint density at radius 3 is 2.90 bits per heavy atom. The molecule has 21 heavy (non-hydrogen) atoms. The highest BCUT2D eigenvalue weighted by molar-refractivity contribution is 7.15. The summed E-state index contributed by atoms with van der Waals surface area (Å²) in [6, 6.07) is 1.59. The van der Waals surface area contributed by atoms with Crippen molar-refractivity contribution in [1.82, 2.24) is 14.3 Å². The summed E-state index contributed by atoms with van der Waals surface area (Å²) in [7, 11) is 0. The molecule has 3 rings (SSSR count). The van der Waals surface area contributed by atoms with E-state index in [2.05, 4.69) is 9.88 Å². The standard InChI is InChI=1S/C14H19N3O3S/c18-9-12(19)10-1-3-16(4-2-10)8-11-7-13(20)17-5-6-21-14(17)15-11/h5-7,10,12,18-19H,1-4,8-9H2. The molecule has 1 atom stereocenters. The summed E-state index contributed by atoms with van der Waals surface area (Å²) in [5.41, 5.74) is 0.755. The highest BCUT2D eigenvalue weighted by Crippen LogP contribution is 2.21. The number of thiazole rings is 1. The van der Waals surface area contributed by atoms with E-state index in [1.165, 1.54) is 11.3 Å². The zero-order valence-electron chi connectivity index (χ0n) is 11.7. The summed E-state index contributed by atoms with van der Waals surface area (Å²) in [4.78, 5) is 19.4. The van der Waals surface area contributed by atoms with Gasteiger partial charge in [-0.2, -0.15) is 0 Å². The topological polar surface area (TPSA) is 78.1 Å². The fraction of sp³-hybridized carbons (Fsp3) is 0.571. The predicted octanol–water partition coefficient (Wildman–Crippen LogP) is 0.321. The van der Waals surface area contributed by atoms with Crippen LogP contribution in [0.2, 0.25) is 0 Å². The molecule has 114 valence electrons. The number of nitrogens with zero attached hydrogens (tertiary/aromatic N) is 3. The number of rotatable bonds is 4. The molecule has 1 aliphatic heterocycles. The molecule has 0 bridgehead atoms. The van der Waals surface area contributed by atoms with Crippen LogP contribution in [0.15, 0.2) is 22.4 Å². The van der Waals surface area contributed by atoms with Gasteiger partial charge in [0.05, 0.1) is 18.4 Å². The van der Waals surface area contributed by atoms with Crippen LogP contribution in [0.25, 0.3) is 4.96 Å². The molecule has 2 N–H and O–H groups in total. The van der Waals surface area contributed by atoms with Crippen molar-refractivity contribution in [2.75, 3.05) is 19.7 Å². The molecule has 0 amide bonds. The minimum Gasteiger partial charge on any atom is -0.394 e. The Morgan fingerprint density at radius 2 is 2.19 bits per heavy atom. The van der Waals surface area contributed by atoms with Crippen LogP contribution < -0.4 is 5.56 Å². The third-order valence-electron chi connectivity index (χ3n) is 4.11. The Bertz CT molecular complexity index is 661. The third kappa shape index (κ3) is 3.16. The molecule has 0 radical (unpaired) electrons. The summed E-state index contributed by atoms with van der Waals surface area (Å²) in [6.07, 6.45) is 2.85. The first-order valence-corrected chi connectivity index (χ1v) is 8.02. The van der Waals surface area contributed by atoms with Gasteiger partial charge in [0.15, 0.2) is 4.96 Å². The first kappa shape index (κ1) is 14.6. The van der Waals surface area contributed by atoms with Crippen molar-refractivity contribution in [3.8, 4) is 0 Å². The Labute approximate surface area is 126 Å². The number of hydrogen-bond acceptors (Lipinski definition) is 6. The molecule has 1 saturated heterocycles. The second kappa shape index (κ2) is 6.23. The summed E-state index contributed by atoms with van der Waals surface area (Å²) >= 11 is 1.46. The zero-order valence-corrected chi connectivity index (χ0v) is 12.5. The lowest BCUT2D eigenvalue weighted by Crippen LogP contribution is -2.38. The second-order valence-electron chi connectivity index (χ2n) is 5.50. The lowest BCUT2D eigenvalue weighted by Gasteiger charge is -2.33. The molecule has 0 spiro atoms. The molecule has 6 nitrogen and oxygen atoms in total. The molecule has 1 fully saturated rings. The lowest BCUT2D eigenvalue weighted by molar-refractivity contribution is 0.0170. The first-order valence-electron chi connectivity index (χ1n) is 7.14. The number of fused-ring (bicyclic) bond motifs is 1. The first-order chi connectivity index (χ1) is 10.2. The molecule has 1 unspecified atom stereocenters. The van der Waals surface area contributed by atoms with E-state index in [0.717, 1.165) is 36.6 Å². The predicted molar refractivity (Wildman–Crippen MR) is 80.4 cm³/mol. The SMILES string of the molecule is O=c1cc(CN2CCC(C(O)CO)CC2)nc2sccn12. The van der Waals surface area contributed by atoms with Gasteiger partial charge in [-0.15, -0.1) is 11.3 Å². The molecular weight excluding hydrogens is 290 g/mol. The van der Waals surface area contributed by atoms with Crippen molar-refractivity contribution in [1.29, 1.82) is 0 Å². The van der Waals surface area contributed by atoms with Gasteiger partial charge >= 0.3 is 0 Å². The number of likely N-dealkylation sites (tertiary alicyclic amines) is 1. The minimum absolute atomic E-state index is 0.0400. The molecule has 0 saturated carbocycles. The lowest BCUT2D eigenvalue weighted by atomic mass is 9.91. The van der Waals surface area contributed by atoms with Crippen LogP contribution in [0.1, 0.15) is 18.5 Å². The highest BCUT2D eigenvalue weighted by atomic mass is 32.1. The maximum Gasteiger partial charge on any atom is 0.258 e. The van der Waals surface area contributed by atoms with Gasteiger partial charge in [-0.05, 0) is 31.8 Å². The maximum atomic E-state index is 11.9. The average molecular weight is 309 g/mol. The Hall–Kier alpha value is -1.28. The van der Waals surface area contributed by atoms with Crippen molar-refractivity contribution >= 4 is 16.3 Å². The Morgan fingerprint density at radius 1 is 1.43 bits per heavy atom. The van der Waals surface area contributed by atoms with E-state index < -0.39 is 6.10 Å². The molecule has 7 heteroatoms. The van der Waals surface area contributed by atoms with Crippen LogP contribution in [0.5, 0.6) is 0 Å². The van der Waals surface area contributed by atoms with Gasteiger partial charge in [0.25, 0.3) is 5.56 Å². The van der Waals surface area contributed by atoms with E-state index in [0.29, 0.717) is 6.54 Å². The molecule has 0 aromatic carbocycles. The van der Waals surface area contributed by atoms with Crippen molar-refractivity contribution in [2.45, 2.75) is 25.5 Å². The number of hydrogen-bond donors (Lipinski definition) is 2. The van der Waals surface area contributed by atoms with Gasteiger partial charge in [-0.1, -0.05) is 0 Å². The molecular formula is C14H19N3O3S. The van der Waals surface area contributed by atoms with Gasteiger partial charge in [-0.3, -0.25) is 14.1 Å². The van der Waals surface area contributed by atoms with Crippen LogP contribution in [0.4, 0.5) is 0 Å². The van der Waals surface area contributed by atoms with Crippen molar-refractivity contribution in [3.05, 3.63) is 33.7 Å². The zero-order chi connectivity index (χ0) is 14.8. The Kier molecular flexibility index (Phi) is 4.34. The number of aromatic nitrogens is 2. The molecule has 1 aliphatic rings. The van der Waals surface area contributed by atoms with Crippen molar-refractivity contribution in [3.63, 3.8) is 0 Å². The fourth-order valence-corrected chi connectivity index (χ4v) is 3.58. The summed E-state index contributed by atoms with van der Waals surface area (Å²) in [5.74, 6) is 0.171. The van der Waals surface area contributed by atoms with E-state index in [1.54, 1.807) is 16.7 Å². The average Bonchev–Trinajstić information content (AvgIpc) is 2.96.